The molecule has 0 heterocycles. The van der Waals surface area contributed by atoms with E-state index in [0.29, 0.717) is 5.41 Å². The van der Waals surface area contributed by atoms with Gasteiger partial charge in [0.15, 0.2) is 0 Å². The minimum absolute atomic E-state index is 0.178. The van der Waals surface area contributed by atoms with Gasteiger partial charge in [0.1, 0.15) is 0 Å². The molecule has 2 rings (SSSR count). The Balaban J connectivity index is 2.16. The van der Waals surface area contributed by atoms with E-state index in [4.69, 9.17) is 0 Å². The summed E-state index contributed by atoms with van der Waals surface area (Å²) in [6, 6.07) is 10.6. The molecular formula is C12H16O. The van der Waals surface area contributed by atoms with Crippen molar-refractivity contribution in [2.45, 2.75) is 37.7 Å². The molecule has 1 atom stereocenters. The maximum atomic E-state index is 9.39. The molecule has 1 saturated carbocycles. The Morgan fingerprint density at radius 3 is 2.38 bits per heavy atom. The molecule has 13 heavy (non-hydrogen) atoms. The third-order valence-corrected chi connectivity index (χ3v) is 2.93. The number of benzene rings is 1. The molecule has 70 valence electrons. The third kappa shape index (κ3) is 1.75. The summed E-state index contributed by atoms with van der Waals surface area (Å²) in [6.07, 6.45) is 3.21. The van der Waals surface area contributed by atoms with Crippen molar-refractivity contribution < 1.29 is 5.11 Å². The normalized spacial score (nSPS) is 21.1. The second-order valence-electron chi connectivity index (χ2n) is 4.20. The van der Waals surface area contributed by atoms with E-state index in [0.717, 1.165) is 6.42 Å². The molecule has 1 unspecified atom stereocenters. The standard InChI is InChI=1S/C12H16O/c1-10(13)9-12(7-8-12)11-5-3-2-4-6-11/h2-6,10,13H,7-9H2,1H3. The molecule has 1 nitrogen and oxygen atoms in total. The number of aliphatic hydroxyl groups is 1. The maximum absolute atomic E-state index is 9.39. The van der Waals surface area contributed by atoms with Crippen LogP contribution in [0.4, 0.5) is 0 Å². The molecule has 1 aliphatic rings. The summed E-state index contributed by atoms with van der Waals surface area (Å²) in [5.41, 5.74) is 1.71. The van der Waals surface area contributed by atoms with E-state index in [1.165, 1.54) is 18.4 Å². The van der Waals surface area contributed by atoms with Crippen LogP contribution in [0.3, 0.4) is 0 Å². The summed E-state index contributed by atoms with van der Waals surface area (Å²) in [7, 11) is 0. The topological polar surface area (TPSA) is 20.2 Å². The SMILES string of the molecule is CC(O)CC1(c2ccccc2)CC1. The number of hydrogen-bond donors (Lipinski definition) is 1. The molecule has 0 amide bonds. The highest BCUT2D eigenvalue weighted by Gasteiger charge is 2.44. The van der Waals surface area contributed by atoms with Crippen LogP contribution in [0.2, 0.25) is 0 Å². The van der Waals surface area contributed by atoms with Crippen LogP contribution in [-0.4, -0.2) is 11.2 Å². The second-order valence-corrected chi connectivity index (χ2v) is 4.20. The molecule has 0 aliphatic heterocycles. The van der Waals surface area contributed by atoms with E-state index in [1.54, 1.807) is 0 Å². The van der Waals surface area contributed by atoms with Crippen LogP contribution >= 0.6 is 0 Å². The quantitative estimate of drug-likeness (QED) is 0.750. The van der Waals surface area contributed by atoms with Gasteiger partial charge in [0.05, 0.1) is 6.10 Å². The zero-order valence-corrected chi connectivity index (χ0v) is 8.03. The van der Waals surface area contributed by atoms with Crippen LogP contribution < -0.4 is 0 Å². The van der Waals surface area contributed by atoms with Gasteiger partial charge in [0.2, 0.25) is 0 Å². The van der Waals surface area contributed by atoms with Gasteiger partial charge in [-0.1, -0.05) is 30.3 Å². The van der Waals surface area contributed by atoms with Crippen molar-refractivity contribution >= 4 is 0 Å². The van der Waals surface area contributed by atoms with Crippen LogP contribution in [0, 0.1) is 0 Å². The number of aliphatic hydroxyl groups excluding tert-OH is 1. The van der Waals surface area contributed by atoms with Crippen LogP contribution in [-0.2, 0) is 5.41 Å². The molecule has 1 fully saturated rings. The molecule has 0 bridgehead atoms. The van der Waals surface area contributed by atoms with Crippen LogP contribution in [0.15, 0.2) is 30.3 Å². The first-order valence-electron chi connectivity index (χ1n) is 4.97. The van der Waals surface area contributed by atoms with Gasteiger partial charge >= 0.3 is 0 Å². The van der Waals surface area contributed by atoms with Gasteiger partial charge < -0.3 is 5.11 Å². The predicted molar refractivity (Wildman–Crippen MR) is 53.7 cm³/mol. The predicted octanol–water partition coefficient (Wildman–Crippen LogP) is 2.49. The van der Waals surface area contributed by atoms with E-state index < -0.39 is 0 Å². The maximum Gasteiger partial charge on any atom is 0.0520 e. The van der Waals surface area contributed by atoms with Crippen LogP contribution in [0.1, 0.15) is 31.7 Å². The Labute approximate surface area is 79.4 Å². The molecule has 0 saturated heterocycles. The molecule has 1 aromatic rings. The van der Waals surface area contributed by atoms with Crippen molar-refractivity contribution in [3.05, 3.63) is 35.9 Å². The highest BCUT2D eigenvalue weighted by molar-refractivity contribution is 5.31. The van der Waals surface area contributed by atoms with Crippen molar-refractivity contribution in [3.8, 4) is 0 Å². The average molecular weight is 176 g/mol. The Hall–Kier alpha value is -0.820. The molecule has 1 aliphatic carbocycles. The van der Waals surface area contributed by atoms with Crippen molar-refractivity contribution in [1.29, 1.82) is 0 Å². The summed E-state index contributed by atoms with van der Waals surface area (Å²) >= 11 is 0. The summed E-state index contributed by atoms with van der Waals surface area (Å²) in [4.78, 5) is 0. The monoisotopic (exact) mass is 176 g/mol. The Morgan fingerprint density at radius 1 is 1.31 bits per heavy atom. The van der Waals surface area contributed by atoms with Crippen molar-refractivity contribution in [1.82, 2.24) is 0 Å². The fourth-order valence-corrected chi connectivity index (χ4v) is 2.12. The smallest absolute Gasteiger partial charge is 0.0520 e. The summed E-state index contributed by atoms with van der Waals surface area (Å²) in [5.74, 6) is 0. The fourth-order valence-electron chi connectivity index (χ4n) is 2.12. The number of rotatable bonds is 3. The van der Waals surface area contributed by atoms with Crippen molar-refractivity contribution in [3.63, 3.8) is 0 Å². The lowest BCUT2D eigenvalue weighted by atomic mass is 9.90. The lowest BCUT2D eigenvalue weighted by Gasteiger charge is -2.17. The Morgan fingerprint density at radius 2 is 1.92 bits per heavy atom. The van der Waals surface area contributed by atoms with Gasteiger partial charge in [-0.3, -0.25) is 0 Å². The molecule has 1 heteroatoms. The van der Waals surface area contributed by atoms with E-state index in [1.807, 2.05) is 13.0 Å². The van der Waals surface area contributed by atoms with E-state index in [-0.39, 0.29) is 6.10 Å². The largest absolute Gasteiger partial charge is 0.393 e. The van der Waals surface area contributed by atoms with Gasteiger partial charge in [-0.25, -0.2) is 0 Å². The van der Waals surface area contributed by atoms with Gasteiger partial charge in [-0.05, 0) is 37.2 Å². The fraction of sp³-hybridized carbons (Fsp3) is 0.500. The molecule has 1 N–H and O–H groups in total. The molecule has 0 spiro atoms. The number of hydrogen-bond acceptors (Lipinski definition) is 1. The molecule has 0 radical (unpaired) electrons. The van der Waals surface area contributed by atoms with Crippen molar-refractivity contribution in [2.24, 2.45) is 0 Å². The van der Waals surface area contributed by atoms with Gasteiger partial charge in [-0.2, -0.15) is 0 Å². The summed E-state index contributed by atoms with van der Waals surface area (Å²) in [6.45, 7) is 1.88. The third-order valence-electron chi connectivity index (χ3n) is 2.93. The second kappa shape index (κ2) is 3.15. The summed E-state index contributed by atoms with van der Waals surface area (Å²) < 4.78 is 0. The van der Waals surface area contributed by atoms with E-state index >= 15 is 0 Å². The van der Waals surface area contributed by atoms with Gasteiger partial charge in [0.25, 0.3) is 0 Å². The molecule has 1 aromatic carbocycles. The summed E-state index contributed by atoms with van der Waals surface area (Å²) in [5, 5.41) is 9.39. The first kappa shape index (κ1) is 8.76. The van der Waals surface area contributed by atoms with Crippen LogP contribution in [0.5, 0.6) is 0 Å². The Kier molecular flexibility index (Phi) is 2.12. The molecular weight excluding hydrogens is 160 g/mol. The average Bonchev–Trinajstić information content (AvgIpc) is 2.86. The van der Waals surface area contributed by atoms with Crippen molar-refractivity contribution in [2.75, 3.05) is 0 Å². The molecule has 0 aromatic heterocycles. The highest BCUT2D eigenvalue weighted by atomic mass is 16.3. The van der Waals surface area contributed by atoms with E-state index in [2.05, 4.69) is 24.3 Å². The minimum Gasteiger partial charge on any atom is -0.393 e. The lowest BCUT2D eigenvalue weighted by Crippen LogP contribution is -2.14. The first-order valence-corrected chi connectivity index (χ1v) is 4.97. The highest BCUT2D eigenvalue weighted by Crippen LogP contribution is 2.51. The Bertz CT molecular complexity index is 272. The zero-order chi connectivity index (χ0) is 9.31. The minimum atomic E-state index is -0.178. The zero-order valence-electron chi connectivity index (χ0n) is 8.03. The first-order chi connectivity index (χ1) is 6.23. The van der Waals surface area contributed by atoms with Crippen LogP contribution in [0.25, 0.3) is 0 Å². The van der Waals surface area contributed by atoms with Gasteiger partial charge in [0, 0.05) is 0 Å². The van der Waals surface area contributed by atoms with Gasteiger partial charge in [-0.15, -0.1) is 0 Å². The van der Waals surface area contributed by atoms with E-state index in [9.17, 15) is 5.11 Å². The lowest BCUT2D eigenvalue weighted by molar-refractivity contribution is 0.170.